The van der Waals surface area contributed by atoms with Crippen LogP contribution in [0, 0.1) is 0 Å². The Balaban J connectivity index is 2.82. The van der Waals surface area contributed by atoms with Crippen molar-refractivity contribution in [2.45, 2.75) is 0 Å². The molecule has 0 spiro atoms. The lowest BCUT2D eigenvalue weighted by Crippen LogP contribution is -2.26. The molecule has 0 aliphatic heterocycles. The van der Waals surface area contributed by atoms with Crippen LogP contribution >= 0.6 is 11.6 Å². The van der Waals surface area contributed by atoms with Crippen LogP contribution in [0.4, 0.5) is 5.82 Å². The fourth-order valence-electron chi connectivity index (χ4n) is 0.936. The molecule has 1 heterocycles. The number of carboxylic acid groups (broad SMARTS) is 1. The van der Waals surface area contributed by atoms with Gasteiger partial charge in [0.1, 0.15) is 12.4 Å². The van der Waals surface area contributed by atoms with Gasteiger partial charge in [0.05, 0.1) is 5.02 Å². The van der Waals surface area contributed by atoms with E-state index in [0.717, 1.165) is 0 Å². The zero-order valence-corrected chi connectivity index (χ0v) is 7.82. The molecular weight excluding hydrogens is 192 g/mol. The van der Waals surface area contributed by atoms with Gasteiger partial charge in [-0.15, -0.1) is 0 Å². The first-order valence-corrected chi connectivity index (χ1v) is 4.02. The molecule has 0 atom stereocenters. The summed E-state index contributed by atoms with van der Waals surface area (Å²) in [4.78, 5) is 15.8. The number of aromatic nitrogens is 1. The number of nitrogens with zero attached hydrogens (tertiary/aromatic N) is 2. The van der Waals surface area contributed by atoms with Gasteiger partial charge in [-0.2, -0.15) is 0 Å². The van der Waals surface area contributed by atoms with E-state index in [2.05, 4.69) is 4.98 Å². The highest BCUT2D eigenvalue weighted by Gasteiger charge is 2.09. The van der Waals surface area contributed by atoms with Crippen molar-refractivity contribution < 1.29 is 9.90 Å². The summed E-state index contributed by atoms with van der Waals surface area (Å²) in [6, 6.07) is 3.36. The van der Waals surface area contributed by atoms with E-state index in [9.17, 15) is 4.79 Å². The topological polar surface area (TPSA) is 53.4 Å². The standard InChI is InChI=1S/C8H9ClN2O2/c1-11(5-7(12)13)8-6(9)3-2-4-10-8/h2-4H,5H2,1H3,(H,12,13). The van der Waals surface area contributed by atoms with Gasteiger partial charge in [-0.3, -0.25) is 4.79 Å². The van der Waals surface area contributed by atoms with Crippen LogP contribution in [0.2, 0.25) is 5.02 Å². The first-order chi connectivity index (χ1) is 6.11. The number of carboxylic acids is 1. The lowest BCUT2D eigenvalue weighted by Gasteiger charge is -2.15. The van der Waals surface area contributed by atoms with E-state index in [1.165, 1.54) is 4.90 Å². The molecule has 0 bridgehead atoms. The van der Waals surface area contributed by atoms with Crippen molar-refractivity contribution in [3.8, 4) is 0 Å². The van der Waals surface area contributed by atoms with Crippen molar-refractivity contribution in [1.82, 2.24) is 4.98 Å². The molecule has 5 heteroatoms. The summed E-state index contributed by atoms with van der Waals surface area (Å²) in [7, 11) is 1.63. The Morgan fingerprint density at radius 3 is 3.00 bits per heavy atom. The van der Waals surface area contributed by atoms with Gasteiger partial charge >= 0.3 is 5.97 Å². The van der Waals surface area contributed by atoms with Crippen LogP contribution in [0.15, 0.2) is 18.3 Å². The molecule has 1 aromatic rings. The number of pyridine rings is 1. The maximum atomic E-state index is 10.4. The maximum absolute atomic E-state index is 10.4. The smallest absolute Gasteiger partial charge is 0.323 e. The van der Waals surface area contributed by atoms with Gasteiger partial charge in [0.2, 0.25) is 0 Å². The Bertz CT molecular complexity index is 317. The molecule has 0 fully saturated rings. The average molecular weight is 201 g/mol. The van der Waals surface area contributed by atoms with Gasteiger partial charge in [-0.25, -0.2) is 4.98 Å². The molecule has 0 saturated carbocycles. The molecule has 0 aromatic carbocycles. The highest BCUT2D eigenvalue weighted by Crippen LogP contribution is 2.20. The fraction of sp³-hybridized carbons (Fsp3) is 0.250. The number of hydrogen-bond acceptors (Lipinski definition) is 3. The summed E-state index contributed by atoms with van der Waals surface area (Å²) in [6.07, 6.45) is 1.57. The molecule has 0 unspecified atom stereocenters. The van der Waals surface area contributed by atoms with Gasteiger partial charge in [0.15, 0.2) is 0 Å². The predicted octanol–water partition coefficient (Wildman–Crippen LogP) is 1.26. The summed E-state index contributed by atoms with van der Waals surface area (Å²) < 4.78 is 0. The van der Waals surface area contributed by atoms with Gasteiger partial charge in [-0.05, 0) is 12.1 Å². The van der Waals surface area contributed by atoms with Crippen molar-refractivity contribution >= 4 is 23.4 Å². The maximum Gasteiger partial charge on any atom is 0.323 e. The zero-order chi connectivity index (χ0) is 9.84. The van der Waals surface area contributed by atoms with Gasteiger partial charge in [-0.1, -0.05) is 11.6 Å². The number of likely N-dealkylation sites (N-methyl/N-ethyl adjacent to an activating group) is 1. The molecule has 0 radical (unpaired) electrons. The Labute approximate surface area is 80.8 Å². The molecule has 1 N–H and O–H groups in total. The van der Waals surface area contributed by atoms with Crippen LogP contribution in [0.5, 0.6) is 0 Å². The minimum atomic E-state index is -0.913. The number of carbonyl (C=O) groups is 1. The second kappa shape index (κ2) is 4.09. The van der Waals surface area contributed by atoms with Crippen LogP contribution in [-0.2, 0) is 4.79 Å². The summed E-state index contributed by atoms with van der Waals surface area (Å²) in [5.74, 6) is -0.434. The van der Waals surface area contributed by atoms with E-state index < -0.39 is 5.97 Å². The number of anilines is 1. The van der Waals surface area contributed by atoms with Gasteiger partial charge in [0, 0.05) is 13.2 Å². The highest BCUT2D eigenvalue weighted by atomic mass is 35.5. The molecule has 70 valence electrons. The normalized spacial score (nSPS) is 9.69. The van der Waals surface area contributed by atoms with Crippen molar-refractivity contribution in [3.63, 3.8) is 0 Å². The van der Waals surface area contributed by atoms with E-state index >= 15 is 0 Å². The molecule has 13 heavy (non-hydrogen) atoms. The Morgan fingerprint density at radius 2 is 2.46 bits per heavy atom. The quantitative estimate of drug-likeness (QED) is 0.798. The van der Waals surface area contributed by atoms with Crippen LogP contribution in [0.25, 0.3) is 0 Å². The third-order valence-corrected chi connectivity index (χ3v) is 1.77. The Kier molecular flexibility index (Phi) is 3.08. The van der Waals surface area contributed by atoms with E-state index in [0.29, 0.717) is 10.8 Å². The van der Waals surface area contributed by atoms with E-state index in [1.807, 2.05) is 0 Å². The van der Waals surface area contributed by atoms with Gasteiger partial charge in [0.25, 0.3) is 0 Å². The number of aliphatic carboxylic acids is 1. The van der Waals surface area contributed by atoms with Crippen LogP contribution in [0.3, 0.4) is 0 Å². The van der Waals surface area contributed by atoms with Crippen molar-refractivity contribution in [2.24, 2.45) is 0 Å². The predicted molar refractivity (Wildman–Crippen MR) is 50.2 cm³/mol. The van der Waals surface area contributed by atoms with E-state index in [-0.39, 0.29) is 6.54 Å². The average Bonchev–Trinajstić information content (AvgIpc) is 2.03. The second-order valence-corrected chi connectivity index (χ2v) is 2.97. The van der Waals surface area contributed by atoms with Crippen LogP contribution in [-0.4, -0.2) is 29.7 Å². The minimum absolute atomic E-state index is 0.114. The SMILES string of the molecule is CN(CC(=O)O)c1ncccc1Cl. The highest BCUT2D eigenvalue weighted by molar-refractivity contribution is 6.32. The van der Waals surface area contributed by atoms with Crippen LogP contribution in [0.1, 0.15) is 0 Å². The van der Waals surface area contributed by atoms with Crippen molar-refractivity contribution in [3.05, 3.63) is 23.4 Å². The molecule has 0 aliphatic carbocycles. The lowest BCUT2D eigenvalue weighted by molar-refractivity contribution is -0.135. The molecule has 0 aliphatic rings. The molecule has 0 saturated heterocycles. The lowest BCUT2D eigenvalue weighted by atomic mass is 10.4. The van der Waals surface area contributed by atoms with E-state index in [1.54, 1.807) is 25.4 Å². The third kappa shape index (κ3) is 2.59. The first kappa shape index (κ1) is 9.80. The number of halogens is 1. The monoisotopic (exact) mass is 200 g/mol. The third-order valence-electron chi connectivity index (χ3n) is 1.47. The molecule has 1 aromatic heterocycles. The summed E-state index contributed by atoms with van der Waals surface area (Å²) in [6.45, 7) is -0.114. The number of rotatable bonds is 3. The summed E-state index contributed by atoms with van der Waals surface area (Å²) >= 11 is 5.81. The second-order valence-electron chi connectivity index (χ2n) is 2.56. The Hall–Kier alpha value is -1.29. The van der Waals surface area contributed by atoms with Crippen molar-refractivity contribution in [1.29, 1.82) is 0 Å². The van der Waals surface area contributed by atoms with Gasteiger partial charge < -0.3 is 10.0 Å². The van der Waals surface area contributed by atoms with Crippen molar-refractivity contribution in [2.75, 3.05) is 18.5 Å². The first-order valence-electron chi connectivity index (χ1n) is 3.64. The number of hydrogen-bond donors (Lipinski definition) is 1. The minimum Gasteiger partial charge on any atom is -0.480 e. The van der Waals surface area contributed by atoms with E-state index in [4.69, 9.17) is 16.7 Å². The summed E-state index contributed by atoms with van der Waals surface area (Å²) in [5, 5.41) is 8.97. The zero-order valence-electron chi connectivity index (χ0n) is 7.07. The molecule has 4 nitrogen and oxygen atoms in total. The van der Waals surface area contributed by atoms with Crippen LogP contribution < -0.4 is 4.90 Å². The summed E-state index contributed by atoms with van der Waals surface area (Å²) in [5.41, 5.74) is 0. The molecule has 1 rings (SSSR count). The largest absolute Gasteiger partial charge is 0.480 e. The fourth-order valence-corrected chi connectivity index (χ4v) is 1.20. The molecule has 0 amide bonds. The Morgan fingerprint density at radius 1 is 1.77 bits per heavy atom. The molecular formula is C8H9ClN2O2.